The number of para-hydroxylation sites is 1. The predicted molar refractivity (Wildman–Crippen MR) is 121 cm³/mol. The Kier molecular flexibility index (Phi) is 8.06. The number of nitrogens with one attached hydrogen (secondary N) is 1. The molecule has 0 amide bonds. The van der Waals surface area contributed by atoms with Crippen LogP contribution in [0.5, 0.6) is 11.5 Å². The Balaban J connectivity index is 0.00000261. The molecule has 0 unspecified atom stereocenters. The standard InChI is InChI=1S/C21H22N4O.HI/c1-16-15-23-12-10-17(16)11-13-24-21(22)25-18-6-5-9-20(14-18)26-19-7-3-2-4-8-19;/h2-10,12,14-15H,11,13H2,1H3,(H3,22,24,25);1H. The molecule has 27 heavy (non-hydrogen) atoms. The van der Waals surface area contributed by atoms with Crippen LogP contribution < -0.4 is 15.8 Å². The maximum atomic E-state index is 6.00. The first-order chi connectivity index (χ1) is 12.7. The lowest BCUT2D eigenvalue weighted by Crippen LogP contribution is -2.23. The summed E-state index contributed by atoms with van der Waals surface area (Å²) in [7, 11) is 0. The van der Waals surface area contributed by atoms with Gasteiger partial charge in [0.05, 0.1) is 0 Å². The number of ether oxygens (including phenoxy) is 1. The first-order valence-electron chi connectivity index (χ1n) is 8.50. The van der Waals surface area contributed by atoms with Crippen molar-refractivity contribution in [2.75, 3.05) is 11.9 Å². The van der Waals surface area contributed by atoms with E-state index in [-0.39, 0.29) is 24.0 Å². The highest BCUT2D eigenvalue weighted by molar-refractivity contribution is 14.0. The first kappa shape index (κ1) is 20.7. The van der Waals surface area contributed by atoms with E-state index in [1.165, 1.54) is 11.1 Å². The number of nitrogens with two attached hydrogens (primary N) is 1. The summed E-state index contributed by atoms with van der Waals surface area (Å²) in [6.45, 7) is 2.66. The van der Waals surface area contributed by atoms with Gasteiger partial charge in [0.25, 0.3) is 0 Å². The Morgan fingerprint density at radius 1 is 1.07 bits per heavy atom. The molecule has 0 atom stereocenters. The number of halogens is 1. The molecule has 0 aliphatic carbocycles. The average Bonchev–Trinajstić information content (AvgIpc) is 2.64. The topological polar surface area (TPSA) is 72.5 Å². The number of pyridine rings is 1. The third kappa shape index (κ3) is 6.56. The van der Waals surface area contributed by atoms with Crippen molar-refractivity contribution in [3.8, 4) is 11.5 Å². The Labute approximate surface area is 176 Å². The molecular formula is C21H23IN4O. The molecule has 0 saturated heterocycles. The number of guanidine groups is 1. The summed E-state index contributed by atoms with van der Waals surface area (Å²) in [4.78, 5) is 8.49. The quantitative estimate of drug-likeness (QED) is 0.307. The van der Waals surface area contributed by atoms with E-state index in [0.29, 0.717) is 12.5 Å². The second-order valence-corrected chi connectivity index (χ2v) is 5.89. The summed E-state index contributed by atoms with van der Waals surface area (Å²) < 4.78 is 5.83. The van der Waals surface area contributed by atoms with Crippen molar-refractivity contribution in [3.05, 3.63) is 84.2 Å². The number of aromatic nitrogens is 1. The van der Waals surface area contributed by atoms with E-state index in [2.05, 4.69) is 15.3 Å². The predicted octanol–water partition coefficient (Wildman–Crippen LogP) is 4.77. The number of aliphatic imine (C=N–C) groups is 1. The van der Waals surface area contributed by atoms with E-state index < -0.39 is 0 Å². The largest absolute Gasteiger partial charge is 0.457 e. The minimum absolute atomic E-state index is 0. The van der Waals surface area contributed by atoms with Crippen molar-refractivity contribution in [1.29, 1.82) is 0 Å². The van der Waals surface area contributed by atoms with Crippen molar-refractivity contribution < 1.29 is 4.74 Å². The van der Waals surface area contributed by atoms with Crippen LogP contribution in [0.2, 0.25) is 0 Å². The molecule has 0 aliphatic rings. The number of rotatable bonds is 6. The molecule has 0 aliphatic heterocycles. The molecule has 5 nitrogen and oxygen atoms in total. The van der Waals surface area contributed by atoms with Crippen LogP contribution in [0.1, 0.15) is 11.1 Å². The smallest absolute Gasteiger partial charge is 0.193 e. The van der Waals surface area contributed by atoms with E-state index in [9.17, 15) is 0 Å². The van der Waals surface area contributed by atoms with Crippen LogP contribution in [0.15, 0.2) is 78.0 Å². The normalized spacial score (nSPS) is 10.8. The van der Waals surface area contributed by atoms with Crippen molar-refractivity contribution in [2.45, 2.75) is 13.3 Å². The second-order valence-electron chi connectivity index (χ2n) is 5.89. The lowest BCUT2D eigenvalue weighted by molar-refractivity contribution is 0.483. The molecule has 140 valence electrons. The van der Waals surface area contributed by atoms with Gasteiger partial charge in [-0.25, -0.2) is 0 Å². The molecule has 3 rings (SSSR count). The van der Waals surface area contributed by atoms with Gasteiger partial charge in [-0.15, -0.1) is 24.0 Å². The molecule has 2 aromatic carbocycles. The highest BCUT2D eigenvalue weighted by Crippen LogP contribution is 2.23. The lowest BCUT2D eigenvalue weighted by Gasteiger charge is -2.09. The highest BCUT2D eigenvalue weighted by Gasteiger charge is 2.01. The molecule has 1 heterocycles. The molecule has 0 bridgehead atoms. The zero-order valence-corrected chi connectivity index (χ0v) is 17.5. The van der Waals surface area contributed by atoms with Gasteiger partial charge in [0.2, 0.25) is 0 Å². The summed E-state index contributed by atoms with van der Waals surface area (Å²) in [5.41, 5.74) is 9.23. The van der Waals surface area contributed by atoms with Gasteiger partial charge in [0.15, 0.2) is 5.96 Å². The van der Waals surface area contributed by atoms with E-state index in [1.807, 2.05) is 73.8 Å². The van der Waals surface area contributed by atoms with Gasteiger partial charge in [-0.05, 0) is 54.8 Å². The van der Waals surface area contributed by atoms with Crippen LogP contribution in [-0.2, 0) is 6.42 Å². The summed E-state index contributed by atoms with van der Waals surface area (Å²) >= 11 is 0. The van der Waals surface area contributed by atoms with Crippen molar-refractivity contribution in [1.82, 2.24) is 4.98 Å². The fourth-order valence-corrected chi connectivity index (χ4v) is 2.53. The van der Waals surface area contributed by atoms with Gasteiger partial charge in [0, 0.05) is 30.7 Å². The molecule has 6 heteroatoms. The minimum atomic E-state index is 0. The second kappa shape index (κ2) is 10.5. The lowest BCUT2D eigenvalue weighted by atomic mass is 10.1. The Bertz CT molecular complexity index is 884. The maximum absolute atomic E-state index is 6.00. The van der Waals surface area contributed by atoms with Gasteiger partial charge < -0.3 is 15.8 Å². The Morgan fingerprint density at radius 2 is 1.85 bits per heavy atom. The summed E-state index contributed by atoms with van der Waals surface area (Å²) in [6, 6.07) is 19.3. The molecule has 0 saturated carbocycles. The van der Waals surface area contributed by atoms with Crippen LogP contribution in [0.3, 0.4) is 0 Å². The molecule has 3 N–H and O–H groups in total. The molecular weight excluding hydrogens is 451 g/mol. The zero-order valence-electron chi connectivity index (χ0n) is 15.1. The number of benzene rings is 2. The summed E-state index contributed by atoms with van der Waals surface area (Å²) in [5.74, 6) is 1.91. The maximum Gasteiger partial charge on any atom is 0.193 e. The third-order valence-electron chi connectivity index (χ3n) is 3.89. The Hall–Kier alpha value is -2.61. The van der Waals surface area contributed by atoms with Crippen molar-refractivity contribution in [2.24, 2.45) is 10.7 Å². The van der Waals surface area contributed by atoms with Crippen LogP contribution in [0.4, 0.5) is 5.69 Å². The first-order valence-corrected chi connectivity index (χ1v) is 8.50. The van der Waals surface area contributed by atoms with Crippen molar-refractivity contribution >= 4 is 35.6 Å². The molecule has 0 spiro atoms. The number of nitrogens with zero attached hydrogens (tertiary/aromatic N) is 2. The molecule has 1 aromatic heterocycles. The molecule has 0 radical (unpaired) electrons. The van der Waals surface area contributed by atoms with Crippen LogP contribution >= 0.6 is 24.0 Å². The number of anilines is 1. The number of aryl methyl sites for hydroxylation is 1. The van der Waals surface area contributed by atoms with E-state index in [1.54, 1.807) is 6.20 Å². The minimum Gasteiger partial charge on any atom is -0.457 e. The molecule has 3 aromatic rings. The molecule has 0 fully saturated rings. The zero-order chi connectivity index (χ0) is 18.2. The van der Waals surface area contributed by atoms with Gasteiger partial charge >= 0.3 is 0 Å². The van der Waals surface area contributed by atoms with E-state index in [4.69, 9.17) is 10.5 Å². The summed E-state index contributed by atoms with van der Waals surface area (Å²) in [5, 5.41) is 3.10. The number of hydrogen-bond donors (Lipinski definition) is 2. The van der Waals surface area contributed by atoms with Crippen LogP contribution in [-0.4, -0.2) is 17.5 Å². The van der Waals surface area contributed by atoms with Crippen LogP contribution in [0.25, 0.3) is 0 Å². The van der Waals surface area contributed by atoms with Gasteiger partial charge in [-0.1, -0.05) is 24.3 Å². The SMILES string of the molecule is Cc1cnccc1CCN=C(N)Nc1cccc(Oc2ccccc2)c1.I. The fraction of sp³-hybridized carbons (Fsp3) is 0.143. The van der Waals surface area contributed by atoms with Crippen LogP contribution in [0, 0.1) is 6.92 Å². The summed E-state index contributed by atoms with van der Waals surface area (Å²) in [6.07, 6.45) is 4.48. The fourth-order valence-electron chi connectivity index (χ4n) is 2.53. The van der Waals surface area contributed by atoms with Gasteiger partial charge in [-0.2, -0.15) is 0 Å². The monoisotopic (exact) mass is 474 g/mol. The van der Waals surface area contributed by atoms with Gasteiger partial charge in [-0.3, -0.25) is 9.98 Å². The highest BCUT2D eigenvalue weighted by atomic mass is 127. The van der Waals surface area contributed by atoms with Crippen molar-refractivity contribution in [3.63, 3.8) is 0 Å². The van der Waals surface area contributed by atoms with Gasteiger partial charge in [0.1, 0.15) is 11.5 Å². The third-order valence-corrected chi connectivity index (χ3v) is 3.89. The van der Waals surface area contributed by atoms with E-state index >= 15 is 0 Å². The number of hydrogen-bond acceptors (Lipinski definition) is 3. The average molecular weight is 474 g/mol. The Morgan fingerprint density at radius 3 is 2.63 bits per heavy atom. The van der Waals surface area contributed by atoms with E-state index in [0.717, 1.165) is 23.6 Å².